The molecule has 0 bridgehead atoms. The number of benzene rings is 2. The molecule has 1 aliphatic heterocycles. The number of oxazole rings is 1. The van der Waals surface area contributed by atoms with Gasteiger partial charge in [0.05, 0.1) is 11.6 Å². The van der Waals surface area contributed by atoms with Crippen molar-refractivity contribution in [3.63, 3.8) is 0 Å². The van der Waals surface area contributed by atoms with E-state index in [1.165, 1.54) is 0 Å². The van der Waals surface area contributed by atoms with E-state index in [-0.39, 0.29) is 0 Å². The second-order valence-electron chi connectivity index (χ2n) is 7.41. The van der Waals surface area contributed by atoms with Crippen molar-refractivity contribution in [1.82, 2.24) is 9.88 Å². The number of carbonyl (C=O) groups is 1. The molecule has 1 unspecified atom stereocenters. The Bertz CT molecular complexity index is 966. The van der Waals surface area contributed by atoms with E-state index in [9.17, 15) is 4.79 Å². The van der Waals surface area contributed by atoms with Crippen LogP contribution in [0.1, 0.15) is 23.9 Å². The second kappa shape index (κ2) is 8.49. The first kappa shape index (κ1) is 19.2. The van der Waals surface area contributed by atoms with Gasteiger partial charge in [-0.15, -0.1) is 0 Å². The second-order valence-corrected chi connectivity index (χ2v) is 7.41. The summed E-state index contributed by atoms with van der Waals surface area (Å²) >= 11 is 0. The summed E-state index contributed by atoms with van der Waals surface area (Å²) in [6.45, 7) is 4.18. The number of aliphatic carboxylic acids is 1. The third-order valence-corrected chi connectivity index (χ3v) is 5.11. The highest BCUT2D eigenvalue weighted by Crippen LogP contribution is 2.28. The lowest BCUT2D eigenvalue weighted by Gasteiger charge is -2.26. The van der Waals surface area contributed by atoms with Crippen LogP contribution in [0.4, 0.5) is 0 Å². The Labute approximate surface area is 169 Å². The zero-order valence-electron chi connectivity index (χ0n) is 16.4. The van der Waals surface area contributed by atoms with Crippen LogP contribution < -0.4 is 4.74 Å². The molecule has 150 valence electrons. The maximum Gasteiger partial charge on any atom is 0.307 e. The SMILES string of the molecule is CC(CN1CCc2oc(-c3ccc(OCc4ccccc4)cc3)nc2C1)C(=O)O. The predicted molar refractivity (Wildman–Crippen MR) is 108 cm³/mol. The third-order valence-electron chi connectivity index (χ3n) is 5.11. The van der Waals surface area contributed by atoms with Gasteiger partial charge >= 0.3 is 5.97 Å². The highest BCUT2D eigenvalue weighted by Gasteiger charge is 2.25. The fraction of sp³-hybridized carbons (Fsp3) is 0.304. The monoisotopic (exact) mass is 392 g/mol. The van der Waals surface area contributed by atoms with Gasteiger partial charge in [0.2, 0.25) is 5.89 Å². The zero-order valence-corrected chi connectivity index (χ0v) is 16.4. The minimum atomic E-state index is -0.772. The van der Waals surface area contributed by atoms with E-state index >= 15 is 0 Å². The van der Waals surface area contributed by atoms with E-state index in [1.807, 2.05) is 54.6 Å². The van der Waals surface area contributed by atoms with Gasteiger partial charge in [0.25, 0.3) is 0 Å². The first-order chi connectivity index (χ1) is 14.1. The van der Waals surface area contributed by atoms with Crippen LogP contribution in [-0.2, 0) is 24.4 Å². The van der Waals surface area contributed by atoms with E-state index in [2.05, 4.69) is 9.88 Å². The van der Waals surface area contributed by atoms with Crippen molar-refractivity contribution < 1.29 is 19.1 Å². The Morgan fingerprint density at radius 2 is 1.97 bits per heavy atom. The minimum absolute atomic E-state index is 0.397. The predicted octanol–water partition coefficient (Wildman–Crippen LogP) is 4.00. The van der Waals surface area contributed by atoms with Crippen molar-refractivity contribution in [2.75, 3.05) is 13.1 Å². The lowest BCUT2D eigenvalue weighted by atomic mass is 10.1. The molecule has 6 heteroatoms. The number of aromatic nitrogens is 1. The number of hydrogen-bond acceptors (Lipinski definition) is 5. The minimum Gasteiger partial charge on any atom is -0.489 e. The zero-order chi connectivity index (χ0) is 20.2. The highest BCUT2D eigenvalue weighted by molar-refractivity contribution is 5.69. The topological polar surface area (TPSA) is 75.8 Å². The van der Waals surface area contributed by atoms with Crippen LogP contribution in [0.25, 0.3) is 11.5 Å². The number of fused-ring (bicyclic) bond motifs is 1. The lowest BCUT2D eigenvalue weighted by Crippen LogP contribution is -2.35. The van der Waals surface area contributed by atoms with Gasteiger partial charge in [0, 0.05) is 31.6 Å². The van der Waals surface area contributed by atoms with E-state index in [0.29, 0.717) is 25.6 Å². The number of ether oxygens (including phenoxy) is 1. The van der Waals surface area contributed by atoms with Crippen LogP contribution in [0, 0.1) is 5.92 Å². The third kappa shape index (κ3) is 4.66. The molecule has 2 heterocycles. The Hall–Kier alpha value is -3.12. The fourth-order valence-electron chi connectivity index (χ4n) is 3.43. The molecule has 0 saturated carbocycles. The van der Waals surface area contributed by atoms with Crippen LogP contribution in [0.15, 0.2) is 59.0 Å². The summed E-state index contributed by atoms with van der Waals surface area (Å²) in [6, 6.07) is 17.8. The summed E-state index contributed by atoms with van der Waals surface area (Å²) in [5.41, 5.74) is 2.92. The highest BCUT2D eigenvalue weighted by atomic mass is 16.5. The van der Waals surface area contributed by atoms with Gasteiger partial charge in [-0.2, -0.15) is 0 Å². The summed E-state index contributed by atoms with van der Waals surface area (Å²) < 4.78 is 11.8. The number of carboxylic acid groups (broad SMARTS) is 1. The Morgan fingerprint density at radius 3 is 2.69 bits per heavy atom. The van der Waals surface area contributed by atoms with Crippen molar-refractivity contribution in [3.8, 4) is 17.2 Å². The summed E-state index contributed by atoms with van der Waals surface area (Å²) in [7, 11) is 0. The molecule has 29 heavy (non-hydrogen) atoms. The van der Waals surface area contributed by atoms with Gasteiger partial charge in [-0.3, -0.25) is 9.69 Å². The number of carboxylic acids is 1. The van der Waals surface area contributed by atoms with Crippen LogP contribution in [0.2, 0.25) is 0 Å². The largest absolute Gasteiger partial charge is 0.489 e. The van der Waals surface area contributed by atoms with E-state index in [0.717, 1.165) is 41.3 Å². The Kier molecular flexibility index (Phi) is 5.62. The van der Waals surface area contributed by atoms with E-state index in [1.54, 1.807) is 6.92 Å². The van der Waals surface area contributed by atoms with Gasteiger partial charge in [-0.1, -0.05) is 37.3 Å². The molecule has 0 spiro atoms. The molecule has 0 fully saturated rings. The number of rotatable bonds is 7. The first-order valence-corrected chi connectivity index (χ1v) is 9.79. The molecular weight excluding hydrogens is 368 g/mol. The smallest absolute Gasteiger partial charge is 0.307 e. The normalized spacial score (nSPS) is 14.9. The average molecular weight is 392 g/mol. The fourth-order valence-corrected chi connectivity index (χ4v) is 3.43. The summed E-state index contributed by atoms with van der Waals surface area (Å²) in [5.74, 6) is 1.11. The molecule has 1 N–H and O–H groups in total. The summed E-state index contributed by atoms with van der Waals surface area (Å²) in [5, 5.41) is 9.11. The van der Waals surface area contributed by atoms with Crippen LogP contribution in [0.3, 0.4) is 0 Å². The van der Waals surface area contributed by atoms with Crippen LogP contribution >= 0.6 is 0 Å². The molecule has 0 saturated heterocycles. The molecule has 1 atom stereocenters. The molecule has 1 aliphatic rings. The van der Waals surface area contributed by atoms with Gasteiger partial charge < -0.3 is 14.3 Å². The van der Waals surface area contributed by atoms with E-state index < -0.39 is 11.9 Å². The van der Waals surface area contributed by atoms with Crippen molar-refractivity contribution in [2.45, 2.75) is 26.5 Å². The van der Waals surface area contributed by atoms with Gasteiger partial charge in [0.15, 0.2) is 0 Å². The quantitative estimate of drug-likeness (QED) is 0.655. The molecule has 0 radical (unpaired) electrons. The van der Waals surface area contributed by atoms with Gasteiger partial charge in [-0.05, 0) is 29.8 Å². The maximum absolute atomic E-state index is 11.1. The molecule has 0 amide bonds. The average Bonchev–Trinajstić information content (AvgIpc) is 3.16. The van der Waals surface area contributed by atoms with Crippen molar-refractivity contribution in [2.24, 2.45) is 5.92 Å². The molecule has 3 aromatic rings. The number of hydrogen-bond donors (Lipinski definition) is 1. The first-order valence-electron chi connectivity index (χ1n) is 9.79. The summed E-state index contributed by atoms with van der Waals surface area (Å²) in [6.07, 6.45) is 0.743. The lowest BCUT2D eigenvalue weighted by molar-refractivity contribution is -0.141. The number of nitrogens with zero attached hydrogens (tertiary/aromatic N) is 2. The van der Waals surface area contributed by atoms with Crippen molar-refractivity contribution in [1.29, 1.82) is 0 Å². The maximum atomic E-state index is 11.1. The Balaban J connectivity index is 1.40. The molecule has 1 aromatic heterocycles. The summed E-state index contributed by atoms with van der Waals surface area (Å²) in [4.78, 5) is 17.9. The van der Waals surface area contributed by atoms with Gasteiger partial charge in [-0.25, -0.2) is 4.98 Å². The molecule has 2 aromatic carbocycles. The van der Waals surface area contributed by atoms with Crippen LogP contribution in [-0.4, -0.2) is 34.0 Å². The van der Waals surface area contributed by atoms with Crippen LogP contribution in [0.5, 0.6) is 5.75 Å². The molecular formula is C23H24N2O4. The molecule has 6 nitrogen and oxygen atoms in total. The molecule has 0 aliphatic carbocycles. The van der Waals surface area contributed by atoms with E-state index in [4.69, 9.17) is 14.3 Å². The molecule has 4 rings (SSSR count). The Morgan fingerprint density at radius 1 is 1.21 bits per heavy atom. The van der Waals surface area contributed by atoms with Crippen molar-refractivity contribution in [3.05, 3.63) is 71.6 Å². The standard InChI is InChI=1S/C23H24N2O4/c1-16(23(26)27)13-25-12-11-21-20(14-25)24-22(29-21)18-7-9-19(10-8-18)28-15-17-5-3-2-4-6-17/h2-10,16H,11-15H2,1H3,(H,26,27). The van der Waals surface area contributed by atoms with Crippen molar-refractivity contribution >= 4 is 5.97 Å². The van der Waals surface area contributed by atoms with Gasteiger partial charge in [0.1, 0.15) is 18.1 Å².